The molecule has 1 aromatic carbocycles. The zero-order chi connectivity index (χ0) is 18.5. The van der Waals surface area contributed by atoms with Gasteiger partial charge in [0, 0.05) is 32.7 Å². The van der Waals surface area contributed by atoms with E-state index < -0.39 is 0 Å². The second-order valence-corrected chi connectivity index (χ2v) is 7.26. The van der Waals surface area contributed by atoms with Crippen LogP contribution in [0.25, 0.3) is 0 Å². The van der Waals surface area contributed by atoms with Gasteiger partial charge in [0.25, 0.3) is 5.91 Å². The molecule has 1 aromatic rings. The van der Waals surface area contributed by atoms with Crippen LogP contribution >= 0.6 is 0 Å². The molecule has 2 N–H and O–H groups in total. The number of carbonyl (C=O) groups excluding carboxylic acids is 2. The maximum absolute atomic E-state index is 13.1. The van der Waals surface area contributed by atoms with E-state index >= 15 is 0 Å². The third kappa shape index (κ3) is 4.18. The second-order valence-electron chi connectivity index (χ2n) is 7.26. The molecule has 2 aliphatic rings. The SMILES string of the molecule is Cc1ccc(OCCN)c(C(=O)N2CCC[C@H](C(=O)N3CCCC3)C2)c1. The Bertz CT molecular complexity index is 656. The lowest BCUT2D eigenvalue weighted by Gasteiger charge is -2.34. The Hall–Kier alpha value is -2.08. The van der Waals surface area contributed by atoms with Gasteiger partial charge in [-0.05, 0) is 44.7 Å². The highest BCUT2D eigenvalue weighted by Gasteiger charge is 2.33. The predicted octanol–water partition coefficient (Wildman–Crippen LogP) is 1.81. The van der Waals surface area contributed by atoms with E-state index in [4.69, 9.17) is 10.5 Å². The maximum atomic E-state index is 13.1. The molecule has 2 fully saturated rings. The fourth-order valence-electron chi connectivity index (χ4n) is 3.83. The fraction of sp³-hybridized carbons (Fsp3) is 0.600. The average Bonchev–Trinajstić information content (AvgIpc) is 3.20. The van der Waals surface area contributed by atoms with Crippen molar-refractivity contribution in [2.24, 2.45) is 11.7 Å². The molecule has 0 saturated carbocycles. The Morgan fingerprint density at radius 1 is 1.15 bits per heavy atom. The summed E-state index contributed by atoms with van der Waals surface area (Å²) < 4.78 is 5.66. The minimum absolute atomic E-state index is 0.0559. The van der Waals surface area contributed by atoms with Gasteiger partial charge in [-0.15, -0.1) is 0 Å². The van der Waals surface area contributed by atoms with Crippen molar-refractivity contribution < 1.29 is 14.3 Å². The van der Waals surface area contributed by atoms with Crippen LogP contribution in [-0.4, -0.2) is 60.9 Å². The van der Waals surface area contributed by atoms with Crippen molar-refractivity contribution in [2.45, 2.75) is 32.6 Å². The number of likely N-dealkylation sites (tertiary alicyclic amines) is 2. The van der Waals surface area contributed by atoms with Crippen molar-refractivity contribution in [3.63, 3.8) is 0 Å². The Morgan fingerprint density at radius 3 is 2.62 bits per heavy atom. The number of piperidine rings is 1. The summed E-state index contributed by atoms with van der Waals surface area (Å²) >= 11 is 0. The summed E-state index contributed by atoms with van der Waals surface area (Å²) in [5.74, 6) is 0.645. The van der Waals surface area contributed by atoms with Crippen LogP contribution in [0.2, 0.25) is 0 Å². The summed E-state index contributed by atoms with van der Waals surface area (Å²) in [5, 5.41) is 0. The molecule has 2 amide bonds. The van der Waals surface area contributed by atoms with Crippen LogP contribution in [0.4, 0.5) is 0 Å². The molecule has 0 aromatic heterocycles. The third-order valence-corrected chi connectivity index (χ3v) is 5.22. The van der Waals surface area contributed by atoms with E-state index in [9.17, 15) is 9.59 Å². The van der Waals surface area contributed by atoms with Gasteiger partial charge in [-0.2, -0.15) is 0 Å². The number of aryl methyl sites for hydroxylation is 1. The summed E-state index contributed by atoms with van der Waals surface area (Å²) in [7, 11) is 0. The molecule has 1 atom stereocenters. The number of carbonyl (C=O) groups is 2. The van der Waals surface area contributed by atoms with Crippen molar-refractivity contribution in [1.82, 2.24) is 9.80 Å². The molecule has 2 aliphatic heterocycles. The van der Waals surface area contributed by atoms with Gasteiger partial charge in [0.15, 0.2) is 0 Å². The first kappa shape index (κ1) is 18.7. The van der Waals surface area contributed by atoms with Gasteiger partial charge >= 0.3 is 0 Å². The number of nitrogens with two attached hydrogens (primary N) is 1. The first-order chi connectivity index (χ1) is 12.6. The van der Waals surface area contributed by atoms with Crippen LogP contribution in [0.5, 0.6) is 5.75 Å². The van der Waals surface area contributed by atoms with E-state index in [1.807, 2.05) is 34.9 Å². The number of hydrogen-bond donors (Lipinski definition) is 1. The van der Waals surface area contributed by atoms with Crippen molar-refractivity contribution in [1.29, 1.82) is 0 Å². The van der Waals surface area contributed by atoms with Crippen molar-refractivity contribution in [3.05, 3.63) is 29.3 Å². The van der Waals surface area contributed by atoms with E-state index in [0.717, 1.165) is 44.3 Å². The predicted molar refractivity (Wildman–Crippen MR) is 100 cm³/mol. The topological polar surface area (TPSA) is 75.9 Å². The lowest BCUT2D eigenvalue weighted by Crippen LogP contribution is -2.46. The third-order valence-electron chi connectivity index (χ3n) is 5.22. The van der Waals surface area contributed by atoms with E-state index in [0.29, 0.717) is 37.6 Å². The molecule has 3 rings (SSSR count). The zero-order valence-electron chi connectivity index (χ0n) is 15.6. The molecule has 142 valence electrons. The lowest BCUT2D eigenvalue weighted by atomic mass is 9.95. The zero-order valence-corrected chi connectivity index (χ0v) is 15.6. The van der Waals surface area contributed by atoms with E-state index in [1.165, 1.54) is 0 Å². The van der Waals surface area contributed by atoms with Gasteiger partial charge in [0.05, 0.1) is 11.5 Å². The molecule has 26 heavy (non-hydrogen) atoms. The first-order valence-corrected chi connectivity index (χ1v) is 9.61. The Balaban J connectivity index is 1.72. The highest BCUT2D eigenvalue weighted by molar-refractivity contribution is 5.97. The van der Waals surface area contributed by atoms with Gasteiger partial charge in [-0.1, -0.05) is 11.6 Å². The summed E-state index contributed by atoms with van der Waals surface area (Å²) in [6.45, 7) is 5.64. The maximum Gasteiger partial charge on any atom is 0.257 e. The minimum Gasteiger partial charge on any atom is -0.491 e. The number of ether oxygens (including phenoxy) is 1. The highest BCUT2D eigenvalue weighted by Crippen LogP contribution is 2.26. The molecule has 0 radical (unpaired) electrons. The molecule has 6 heteroatoms. The molecule has 6 nitrogen and oxygen atoms in total. The normalized spacial score (nSPS) is 20.3. The number of benzene rings is 1. The van der Waals surface area contributed by atoms with Crippen molar-refractivity contribution in [2.75, 3.05) is 39.3 Å². The molecule has 0 spiro atoms. The van der Waals surface area contributed by atoms with Gasteiger partial charge < -0.3 is 20.3 Å². The summed E-state index contributed by atoms with van der Waals surface area (Å²) in [4.78, 5) is 29.6. The fourth-order valence-corrected chi connectivity index (χ4v) is 3.83. The van der Waals surface area contributed by atoms with Gasteiger partial charge in [0.1, 0.15) is 12.4 Å². The summed E-state index contributed by atoms with van der Waals surface area (Å²) in [6.07, 6.45) is 3.91. The lowest BCUT2D eigenvalue weighted by molar-refractivity contribution is -0.135. The minimum atomic E-state index is -0.0796. The van der Waals surface area contributed by atoms with Gasteiger partial charge in [-0.3, -0.25) is 9.59 Å². The Kier molecular flexibility index (Phi) is 6.14. The monoisotopic (exact) mass is 359 g/mol. The highest BCUT2D eigenvalue weighted by atomic mass is 16.5. The first-order valence-electron chi connectivity index (χ1n) is 9.61. The van der Waals surface area contributed by atoms with Crippen molar-refractivity contribution >= 4 is 11.8 Å². The Morgan fingerprint density at radius 2 is 1.88 bits per heavy atom. The second kappa shape index (κ2) is 8.54. The summed E-state index contributed by atoms with van der Waals surface area (Å²) in [5.41, 5.74) is 7.10. The van der Waals surface area contributed by atoms with E-state index in [-0.39, 0.29) is 17.7 Å². The van der Waals surface area contributed by atoms with Gasteiger partial charge in [-0.25, -0.2) is 0 Å². The van der Waals surface area contributed by atoms with Crippen LogP contribution in [0, 0.1) is 12.8 Å². The quantitative estimate of drug-likeness (QED) is 0.870. The largest absolute Gasteiger partial charge is 0.491 e. The van der Waals surface area contributed by atoms with Crippen LogP contribution in [0.15, 0.2) is 18.2 Å². The molecule has 2 saturated heterocycles. The average molecular weight is 359 g/mol. The standard InChI is InChI=1S/C20H29N3O3/c1-15-6-7-18(26-12-8-21)17(13-15)20(25)23-11-4-5-16(14-23)19(24)22-9-2-3-10-22/h6-7,13,16H,2-5,8-12,14,21H2,1H3/t16-/m0/s1. The number of hydrogen-bond acceptors (Lipinski definition) is 4. The molecule has 0 unspecified atom stereocenters. The number of nitrogens with zero attached hydrogens (tertiary/aromatic N) is 2. The number of amides is 2. The van der Waals surface area contributed by atoms with E-state index in [1.54, 1.807) is 0 Å². The van der Waals surface area contributed by atoms with Crippen LogP contribution in [0.3, 0.4) is 0 Å². The van der Waals surface area contributed by atoms with Crippen LogP contribution < -0.4 is 10.5 Å². The molecule has 2 heterocycles. The van der Waals surface area contributed by atoms with Crippen LogP contribution in [0.1, 0.15) is 41.6 Å². The van der Waals surface area contributed by atoms with Gasteiger partial charge in [0.2, 0.25) is 5.91 Å². The summed E-state index contributed by atoms with van der Waals surface area (Å²) in [6, 6.07) is 5.62. The molecule has 0 bridgehead atoms. The van der Waals surface area contributed by atoms with Crippen molar-refractivity contribution in [3.8, 4) is 5.75 Å². The van der Waals surface area contributed by atoms with E-state index in [2.05, 4.69) is 0 Å². The number of rotatable bonds is 5. The smallest absolute Gasteiger partial charge is 0.257 e. The molecular weight excluding hydrogens is 330 g/mol. The molecular formula is C20H29N3O3. The molecule has 0 aliphatic carbocycles. The Labute approximate surface area is 155 Å². The van der Waals surface area contributed by atoms with Crippen LogP contribution in [-0.2, 0) is 4.79 Å².